The standard InChI is InChI=1S/C32H22N2/c1-2-9-26(10-3-1)34-31-13-7-5-11-27(31)28-21-24(17-19-32(28)34)23-16-18-30-25(20-23)15-14-22-8-4-6-12-29(22)33-30/h1-21,33H. The van der Waals surface area contributed by atoms with Crippen LogP contribution in [0.5, 0.6) is 0 Å². The van der Waals surface area contributed by atoms with Gasteiger partial charge in [-0.25, -0.2) is 0 Å². The van der Waals surface area contributed by atoms with Crippen LogP contribution in [0.2, 0.25) is 0 Å². The van der Waals surface area contributed by atoms with Crippen LogP contribution in [0.25, 0.3) is 50.8 Å². The molecule has 2 nitrogen and oxygen atoms in total. The van der Waals surface area contributed by atoms with Gasteiger partial charge in [-0.2, -0.15) is 0 Å². The maximum absolute atomic E-state index is 3.59. The number of anilines is 2. The van der Waals surface area contributed by atoms with E-state index in [-0.39, 0.29) is 0 Å². The molecule has 1 N–H and O–H groups in total. The maximum atomic E-state index is 3.59. The first-order valence-corrected chi connectivity index (χ1v) is 11.6. The molecule has 1 aliphatic heterocycles. The van der Waals surface area contributed by atoms with E-state index in [1.807, 2.05) is 0 Å². The molecule has 0 atom stereocenters. The van der Waals surface area contributed by atoms with Crippen molar-refractivity contribution in [2.24, 2.45) is 0 Å². The van der Waals surface area contributed by atoms with E-state index < -0.39 is 0 Å². The number of fused-ring (bicyclic) bond motifs is 5. The van der Waals surface area contributed by atoms with Gasteiger partial charge in [-0.15, -0.1) is 0 Å². The van der Waals surface area contributed by atoms with Crippen LogP contribution in [0.1, 0.15) is 11.1 Å². The van der Waals surface area contributed by atoms with Crippen LogP contribution in [0.4, 0.5) is 11.4 Å². The molecule has 0 saturated carbocycles. The van der Waals surface area contributed by atoms with E-state index in [4.69, 9.17) is 0 Å². The van der Waals surface area contributed by atoms with Gasteiger partial charge in [0.25, 0.3) is 0 Å². The highest BCUT2D eigenvalue weighted by Gasteiger charge is 2.14. The molecule has 0 saturated heterocycles. The zero-order chi connectivity index (χ0) is 22.5. The van der Waals surface area contributed by atoms with Gasteiger partial charge in [-0.05, 0) is 70.8 Å². The molecule has 0 bridgehead atoms. The number of hydrogen-bond donors (Lipinski definition) is 1. The topological polar surface area (TPSA) is 17.0 Å². The number of aromatic nitrogens is 1. The van der Waals surface area contributed by atoms with E-state index in [0.717, 1.165) is 11.4 Å². The maximum Gasteiger partial charge on any atom is 0.0541 e. The lowest BCUT2D eigenvalue weighted by Gasteiger charge is -2.12. The quantitative estimate of drug-likeness (QED) is 0.288. The van der Waals surface area contributed by atoms with Crippen molar-refractivity contribution in [3.63, 3.8) is 0 Å². The molecular weight excluding hydrogens is 412 g/mol. The molecule has 2 heteroatoms. The Morgan fingerprint density at radius 3 is 2.09 bits per heavy atom. The van der Waals surface area contributed by atoms with Gasteiger partial charge in [-0.1, -0.05) is 78.9 Å². The molecule has 160 valence electrons. The summed E-state index contributed by atoms with van der Waals surface area (Å²) in [5, 5.41) is 6.14. The normalized spacial score (nSPS) is 12.2. The molecule has 0 unspecified atom stereocenters. The second-order valence-electron chi connectivity index (χ2n) is 8.77. The smallest absolute Gasteiger partial charge is 0.0541 e. The zero-order valence-electron chi connectivity index (χ0n) is 18.6. The van der Waals surface area contributed by atoms with Crippen molar-refractivity contribution in [1.82, 2.24) is 4.57 Å². The molecule has 1 aliphatic rings. The van der Waals surface area contributed by atoms with E-state index in [9.17, 15) is 0 Å². The summed E-state index contributed by atoms with van der Waals surface area (Å²) in [5.74, 6) is 0. The molecule has 0 amide bonds. The molecule has 7 rings (SSSR count). The second kappa shape index (κ2) is 7.50. The van der Waals surface area contributed by atoms with Crippen LogP contribution in [0.15, 0.2) is 115 Å². The van der Waals surface area contributed by atoms with Gasteiger partial charge >= 0.3 is 0 Å². The minimum Gasteiger partial charge on any atom is -0.355 e. The number of benzene rings is 5. The van der Waals surface area contributed by atoms with Crippen LogP contribution in [-0.2, 0) is 0 Å². The number of nitrogens with zero attached hydrogens (tertiary/aromatic N) is 1. The van der Waals surface area contributed by atoms with E-state index in [1.54, 1.807) is 0 Å². The Bertz CT molecular complexity index is 1720. The predicted octanol–water partition coefficient (Wildman–Crippen LogP) is 8.68. The fourth-order valence-electron chi connectivity index (χ4n) is 5.08. The molecular formula is C32H22N2. The van der Waals surface area contributed by atoms with Gasteiger partial charge in [0.2, 0.25) is 0 Å². The van der Waals surface area contributed by atoms with Crippen molar-refractivity contribution < 1.29 is 0 Å². The molecule has 0 radical (unpaired) electrons. The lowest BCUT2D eigenvalue weighted by atomic mass is 9.99. The first-order valence-electron chi connectivity index (χ1n) is 11.6. The summed E-state index contributed by atoms with van der Waals surface area (Å²) < 4.78 is 2.36. The average Bonchev–Trinajstić information content (AvgIpc) is 3.10. The average molecular weight is 435 g/mol. The third kappa shape index (κ3) is 2.96. The molecule has 1 aromatic heterocycles. The van der Waals surface area contributed by atoms with E-state index in [2.05, 4.69) is 137 Å². The summed E-state index contributed by atoms with van der Waals surface area (Å²) >= 11 is 0. The van der Waals surface area contributed by atoms with E-state index >= 15 is 0 Å². The molecule has 5 aromatic carbocycles. The monoisotopic (exact) mass is 434 g/mol. The summed E-state index contributed by atoms with van der Waals surface area (Å²) in [4.78, 5) is 0. The molecule has 34 heavy (non-hydrogen) atoms. The van der Waals surface area contributed by atoms with Crippen LogP contribution in [0.3, 0.4) is 0 Å². The van der Waals surface area contributed by atoms with Crippen LogP contribution in [-0.4, -0.2) is 4.57 Å². The number of nitrogens with one attached hydrogen (secondary N) is 1. The Morgan fingerprint density at radius 2 is 1.15 bits per heavy atom. The Kier molecular flexibility index (Phi) is 4.18. The van der Waals surface area contributed by atoms with Crippen molar-refractivity contribution in [3.05, 3.63) is 126 Å². The summed E-state index contributed by atoms with van der Waals surface area (Å²) in [7, 11) is 0. The van der Waals surface area contributed by atoms with Gasteiger partial charge in [0.15, 0.2) is 0 Å². The first-order chi connectivity index (χ1) is 16.8. The van der Waals surface area contributed by atoms with Crippen molar-refractivity contribution in [2.45, 2.75) is 0 Å². The lowest BCUT2D eigenvalue weighted by molar-refractivity contribution is 1.18. The zero-order valence-corrected chi connectivity index (χ0v) is 18.6. The highest BCUT2D eigenvalue weighted by molar-refractivity contribution is 6.10. The molecule has 6 aromatic rings. The summed E-state index contributed by atoms with van der Waals surface area (Å²) in [6.45, 7) is 0. The summed E-state index contributed by atoms with van der Waals surface area (Å²) in [6.07, 6.45) is 4.39. The van der Waals surface area contributed by atoms with Crippen molar-refractivity contribution in [1.29, 1.82) is 0 Å². The number of hydrogen-bond acceptors (Lipinski definition) is 1. The van der Waals surface area contributed by atoms with Crippen LogP contribution >= 0.6 is 0 Å². The third-order valence-electron chi connectivity index (χ3n) is 6.74. The van der Waals surface area contributed by atoms with Gasteiger partial charge in [-0.3, -0.25) is 0 Å². The Morgan fingerprint density at radius 1 is 0.471 bits per heavy atom. The molecule has 0 spiro atoms. The predicted molar refractivity (Wildman–Crippen MR) is 145 cm³/mol. The summed E-state index contributed by atoms with van der Waals surface area (Å²) in [6, 6.07) is 41.2. The fourth-order valence-corrected chi connectivity index (χ4v) is 5.08. The van der Waals surface area contributed by atoms with Gasteiger partial charge in [0.1, 0.15) is 0 Å². The van der Waals surface area contributed by atoms with Crippen LogP contribution < -0.4 is 5.32 Å². The third-order valence-corrected chi connectivity index (χ3v) is 6.74. The Hall–Kier alpha value is -4.56. The minimum atomic E-state index is 1.13. The molecule has 0 fully saturated rings. The Labute approximate surface area is 198 Å². The molecule has 2 heterocycles. The van der Waals surface area contributed by atoms with E-state index in [1.165, 1.54) is 49.7 Å². The second-order valence-corrected chi connectivity index (χ2v) is 8.77. The van der Waals surface area contributed by atoms with Crippen molar-refractivity contribution in [3.8, 4) is 16.8 Å². The van der Waals surface area contributed by atoms with Gasteiger partial charge in [0, 0.05) is 27.8 Å². The SMILES string of the molecule is C1=Cc2cc(-c3ccc4c(c3)c3ccccc3n4-c3ccccc3)ccc2Nc2ccccc21. The molecule has 0 aliphatic carbocycles. The lowest BCUT2D eigenvalue weighted by Crippen LogP contribution is -1.94. The number of para-hydroxylation sites is 3. The number of rotatable bonds is 2. The highest BCUT2D eigenvalue weighted by atomic mass is 15.0. The van der Waals surface area contributed by atoms with Gasteiger partial charge in [0.05, 0.1) is 11.0 Å². The largest absolute Gasteiger partial charge is 0.355 e. The first kappa shape index (κ1) is 19.0. The fraction of sp³-hybridized carbons (Fsp3) is 0. The van der Waals surface area contributed by atoms with Crippen molar-refractivity contribution >= 4 is 45.3 Å². The summed E-state index contributed by atoms with van der Waals surface area (Å²) in [5.41, 5.74) is 10.7. The van der Waals surface area contributed by atoms with Gasteiger partial charge < -0.3 is 9.88 Å². The van der Waals surface area contributed by atoms with Crippen molar-refractivity contribution in [2.75, 3.05) is 5.32 Å². The van der Waals surface area contributed by atoms with Crippen LogP contribution in [0, 0.1) is 0 Å². The Balaban J connectivity index is 1.39. The highest BCUT2D eigenvalue weighted by Crippen LogP contribution is 2.37. The minimum absolute atomic E-state index is 1.13. The van der Waals surface area contributed by atoms with E-state index in [0.29, 0.717) is 0 Å².